The monoisotopic (exact) mass is 776 g/mol. The average molecular weight is 776 g/mol. The molecule has 316 valence electrons. The van der Waals surface area contributed by atoms with Gasteiger partial charge in [0.05, 0.1) is 42.5 Å². The van der Waals surface area contributed by atoms with E-state index in [1.165, 1.54) is 14.0 Å². The van der Waals surface area contributed by atoms with Gasteiger partial charge in [0.2, 0.25) is 0 Å². The predicted molar refractivity (Wildman–Crippen MR) is 201 cm³/mol. The van der Waals surface area contributed by atoms with Gasteiger partial charge < -0.3 is 64.0 Å². The fourth-order valence-corrected chi connectivity index (χ4v) is 8.49. The smallest absolute Gasteiger partial charge is 0.320 e. The number of nitrogens with two attached hydrogens (primary N) is 1. The van der Waals surface area contributed by atoms with E-state index >= 15 is 0 Å². The SMILES string of the molecule is CC[C@H]1OC(=O)[C@H](C)[C@@H](O[C@H]2C[C@@](C)(OC)[C@@H](OC(=O)CN)[C@H](C)O2)C[C@@H](O[C@H]2C[C@@H](N(C)C)C[C@@H](C)O2)[C@](C)(O)C[C@@H](C)CN(C)[C@H](C)[C@@H](O)[C@]1(C)O. The molecule has 16 atom stereocenters. The number of aliphatic hydroxyl groups excluding tert-OH is 1. The van der Waals surface area contributed by atoms with Crippen molar-refractivity contribution in [2.45, 2.75) is 185 Å². The first-order chi connectivity index (χ1) is 25.0. The van der Waals surface area contributed by atoms with E-state index in [0.29, 0.717) is 19.4 Å². The molecule has 0 bridgehead atoms. The Labute approximate surface area is 323 Å². The highest BCUT2D eigenvalue weighted by Gasteiger charge is 2.51. The summed E-state index contributed by atoms with van der Waals surface area (Å²) >= 11 is 0. The standard InChI is InChI=1S/C39H73N3O12/c1-14-29-39(9,47)34(44)25(5)42(12)21-22(2)18-37(7,46)30(52-32-16-27(41(10)11)15-23(3)49-32)17-28(24(4)36(45)53-29)51-33-19-38(8,48-13)35(26(6)50-33)54-31(43)20-40/h22-30,32-35,44,46-47H,14-21,40H2,1-13H3/t22-,23-,24-,25-,26+,27+,28+,29-,30-,32+,33+,34-,35+,37-,38-,39-/m1/s1. The quantitative estimate of drug-likeness (QED) is 0.249. The third-order valence-corrected chi connectivity index (χ3v) is 12.1. The van der Waals surface area contributed by atoms with Crippen LogP contribution in [-0.4, -0.2) is 163 Å². The topological polar surface area (TPSA) is 192 Å². The number of esters is 2. The molecule has 3 aliphatic heterocycles. The van der Waals surface area contributed by atoms with E-state index in [-0.39, 0.29) is 43.9 Å². The second-order valence-corrected chi connectivity index (χ2v) is 17.2. The van der Waals surface area contributed by atoms with E-state index in [9.17, 15) is 24.9 Å². The van der Waals surface area contributed by atoms with Crippen LogP contribution >= 0.6 is 0 Å². The second-order valence-electron chi connectivity index (χ2n) is 17.2. The molecule has 0 saturated carbocycles. The van der Waals surface area contributed by atoms with Gasteiger partial charge in [-0.25, -0.2) is 0 Å². The molecule has 54 heavy (non-hydrogen) atoms. The highest BCUT2D eigenvalue weighted by atomic mass is 16.7. The zero-order valence-corrected chi connectivity index (χ0v) is 35.2. The van der Waals surface area contributed by atoms with Gasteiger partial charge in [0.15, 0.2) is 18.7 Å². The van der Waals surface area contributed by atoms with Crippen LogP contribution in [0.3, 0.4) is 0 Å². The number of nitrogens with zero attached hydrogens (tertiary/aromatic N) is 2. The number of likely N-dealkylation sites (N-methyl/N-ethyl adjacent to an activating group) is 1. The minimum Gasteiger partial charge on any atom is -0.459 e. The first-order valence-electron chi connectivity index (χ1n) is 19.8. The van der Waals surface area contributed by atoms with E-state index in [1.54, 1.807) is 34.6 Å². The highest BCUT2D eigenvalue weighted by Crippen LogP contribution is 2.39. The minimum atomic E-state index is -1.79. The number of methoxy groups -OCH3 is 1. The molecule has 3 aliphatic rings. The number of hydrogen-bond donors (Lipinski definition) is 4. The summed E-state index contributed by atoms with van der Waals surface area (Å²) in [6, 6.07) is -0.323. The molecule has 3 rings (SSSR count). The van der Waals surface area contributed by atoms with Crippen LogP contribution in [0.4, 0.5) is 0 Å². The molecule has 0 aliphatic carbocycles. The van der Waals surface area contributed by atoms with E-state index in [2.05, 4.69) is 4.90 Å². The van der Waals surface area contributed by atoms with Crippen LogP contribution in [0.2, 0.25) is 0 Å². The first-order valence-corrected chi connectivity index (χ1v) is 19.8. The Morgan fingerprint density at radius 2 is 1.65 bits per heavy atom. The van der Waals surface area contributed by atoms with Gasteiger partial charge in [-0.3, -0.25) is 9.59 Å². The van der Waals surface area contributed by atoms with Gasteiger partial charge in [-0.2, -0.15) is 0 Å². The van der Waals surface area contributed by atoms with E-state index in [1.807, 2.05) is 46.8 Å². The van der Waals surface area contributed by atoms with Crippen LogP contribution in [0.1, 0.15) is 101 Å². The molecule has 0 aromatic heterocycles. The van der Waals surface area contributed by atoms with Crippen molar-refractivity contribution >= 4 is 11.9 Å². The number of hydrogen-bond acceptors (Lipinski definition) is 15. The molecule has 0 unspecified atom stereocenters. The minimum absolute atomic E-state index is 0.0441. The molecule has 0 aromatic rings. The summed E-state index contributed by atoms with van der Waals surface area (Å²) < 4.78 is 43.6. The van der Waals surface area contributed by atoms with E-state index < -0.39 is 89.9 Å². The van der Waals surface area contributed by atoms with Crippen molar-refractivity contribution < 1.29 is 58.1 Å². The molecular weight excluding hydrogens is 702 g/mol. The average Bonchev–Trinajstić information content (AvgIpc) is 3.09. The van der Waals surface area contributed by atoms with Crippen molar-refractivity contribution in [1.29, 1.82) is 0 Å². The molecule has 0 radical (unpaired) electrons. The van der Waals surface area contributed by atoms with Crippen LogP contribution in [-0.2, 0) is 42.7 Å². The summed E-state index contributed by atoms with van der Waals surface area (Å²) in [5.41, 5.74) is 1.28. The predicted octanol–water partition coefficient (Wildman–Crippen LogP) is 2.19. The molecule has 15 heteroatoms. The molecule has 3 heterocycles. The number of rotatable bonds is 9. The van der Waals surface area contributed by atoms with Gasteiger partial charge in [-0.1, -0.05) is 13.8 Å². The Hall–Kier alpha value is -1.50. The van der Waals surface area contributed by atoms with Crippen LogP contribution in [0.5, 0.6) is 0 Å². The zero-order valence-electron chi connectivity index (χ0n) is 35.2. The number of carbonyl (C=O) groups excluding carboxylic acids is 2. The largest absolute Gasteiger partial charge is 0.459 e. The van der Waals surface area contributed by atoms with Gasteiger partial charge in [0.25, 0.3) is 0 Å². The van der Waals surface area contributed by atoms with Gasteiger partial charge >= 0.3 is 11.9 Å². The Balaban J connectivity index is 2.10. The molecule has 0 spiro atoms. The van der Waals surface area contributed by atoms with Crippen molar-refractivity contribution in [2.24, 2.45) is 17.6 Å². The third kappa shape index (κ3) is 11.6. The number of carbonyl (C=O) groups is 2. The Morgan fingerprint density at radius 3 is 2.22 bits per heavy atom. The maximum atomic E-state index is 14.2. The van der Waals surface area contributed by atoms with Crippen molar-refractivity contribution in [3.8, 4) is 0 Å². The maximum absolute atomic E-state index is 14.2. The van der Waals surface area contributed by atoms with Gasteiger partial charge in [-0.15, -0.1) is 0 Å². The lowest BCUT2D eigenvalue weighted by Crippen LogP contribution is -2.59. The summed E-state index contributed by atoms with van der Waals surface area (Å²) in [6.07, 6.45) is -5.15. The van der Waals surface area contributed by atoms with Crippen molar-refractivity contribution in [1.82, 2.24) is 9.80 Å². The van der Waals surface area contributed by atoms with Crippen LogP contribution in [0.25, 0.3) is 0 Å². The molecule has 0 aromatic carbocycles. The summed E-state index contributed by atoms with van der Waals surface area (Å²) in [6.45, 7) is 16.2. The number of ether oxygens (including phenoxy) is 7. The lowest BCUT2D eigenvalue weighted by Gasteiger charge is -2.47. The Bertz CT molecular complexity index is 1210. The lowest BCUT2D eigenvalue weighted by atomic mass is 9.83. The summed E-state index contributed by atoms with van der Waals surface area (Å²) in [7, 11) is 7.42. The summed E-state index contributed by atoms with van der Waals surface area (Å²) in [4.78, 5) is 30.5. The second kappa shape index (κ2) is 19.3. The molecule has 0 amide bonds. The first kappa shape index (κ1) is 46.9. The normalized spacial score (nSPS) is 45.3. The highest BCUT2D eigenvalue weighted by molar-refractivity contribution is 5.73. The summed E-state index contributed by atoms with van der Waals surface area (Å²) in [5, 5.41) is 35.6. The van der Waals surface area contributed by atoms with Crippen molar-refractivity contribution in [2.75, 3.05) is 41.3 Å². The van der Waals surface area contributed by atoms with Crippen LogP contribution < -0.4 is 5.73 Å². The van der Waals surface area contributed by atoms with Crippen LogP contribution in [0, 0.1) is 11.8 Å². The molecule has 3 saturated heterocycles. The maximum Gasteiger partial charge on any atom is 0.320 e. The molecular formula is C39H73N3O12. The van der Waals surface area contributed by atoms with E-state index in [0.717, 1.165) is 6.42 Å². The van der Waals surface area contributed by atoms with Crippen LogP contribution in [0.15, 0.2) is 0 Å². The Kier molecular flexibility index (Phi) is 16.8. The van der Waals surface area contributed by atoms with Crippen molar-refractivity contribution in [3.05, 3.63) is 0 Å². The lowest BCUT2D eigenvalue weighted by molar-refractivity contribution is -0.302. The molecule has 5 N–H and O–H groups in total. The van der Waals surface area contributed by atoms with Gasteiger partial charge in [0.1, 0.15) is 23.4 Å². The van der Waals surface area contributed by atoms with Crippen molar-refractivity contribution in [3.63, 3.8) is 0 Å². The van der Waals surface area contributed by atoms with Gasteiger partial charge in [0, 0.05) is 45.0 Å². The number of aliphatic hydroxyl groups is 3. The van der Waals surface area contributed by atoms with E-state index in [4.69, 9.17) is 38.9 Å². The number of cyclic esters (lactones) is 1. The molecule has 15 nitrogen and oxygen atoms in total. The fraction of sp³-hybridized carbons (Fsp3) is 0.949. The Morgan fingerprint density at radius 1 is 1.00 bits per heavy atom. The zero-order chi connectivity index (χ0) is 40.9. The van der Waals surface area contributed by atoms with Gasteiger partial charge in [-0.05, 0) is 94.8 Å². The third-order valence-electron chi connectivity index (χ3n) is 12.1. The summed E-state index contributed by atoms with van der Waals surface area (Å²) in [5.74, 6) is -2.31. The molecule has 3 fully saturated rings. The fourth-order valence-electron chi connectivity index (χ4n) is 8.49.